The molecule has 4 rings (SSSR count). The number of sulfonamides is 1. The molecule has 0 aromatic heterocycles. The third kappa shape index (κ3) is 4.30. The van der Waals surface area contributed by atoms with Crippen LogP contribution in [-0.4, -0.2) is 74.0 Å². The van der Waals surface area contributed by atoms with Crippen LogP contribution in [0.1, 0.15) is 56.3 Å². The Labute approximate surface area is 189 Å². The van der Waals surface area contributed by atoms with Gasteiger partial charge in [0.15, 0.2) is 0 Å². The molecule has 1 aromatic carbocycles. The van der Waals surface area contributed by atoms with E-state index in [0.29, 0.717) is 31.0 Å². The number of methoxy groups -OCH3 is 1. The molecule has 2 saturated heterocycles. The summed E-state index contributed by atoms with van der Waals surface area (Å²) < 4.78 is 38.2. The third-order valence-corrected chi connectivity index (χ3v) is 8.77. The fraction of sp³-hybridized carbons (Fsp3) is 0.652. The van der Waals surface area contributed by atoms with E-state index >= 15 is 0 Å². The molecule has 5 atom stereocenters. The molecule has 0 radical (unpaired) electrons. The number of likely N-dealkylation sites (tertiary alicyclic amines) is 1. The average molecular weight is 465 g/mol. The summed E-state index contributed by atoms with van der Waals surface area (Å²) in [6, 6.07) is 5.50. The van der Waals surface area contributed by atoms with Gasteiger partial charge in [-0.15, -0.1) is 0 Å². The highest BCUT2D eigenvalue weighted by Crippen LogP contribution is 2.41. The Balaban J connectivity index is 1.56. The van der Waals surface area contributed by atoms with Crippen LogP contribution in [-0.2, 0) is 24.3 Å². The van der Waals surface area contributed by atoms with E-state index in [1.165, 1.54) is 23.5 Å². The molecule has 9 heteroatoms. The zero-order valence-electron chi connectivity index (χ0n) is 18.9. The van der Waals surface area contributed by atoms with Gasteiger partial charge in [-0.2, -0.15) is 4.31 Å². The number of hydrogen-bond donors (Lipinski definition) is 0. The maximum Gasteiger partial charge on any atom is 0.328 e. The monoisotopic (exact) mass is 464 g/mol. The molecule has 1 aromatic rings. The fourth-order valence-corrected chi connectivity index (χ4v) is 7.08. The Morgan fingerprint density at radius 3 is 2.28 bits per heavy atom. The highest BCUT2D eigenvalue weighted by Gasteiger charge is 2.48. The number of rotatable bonds is 4. The minimum Gasteiger partial charge on any atom is -0.467 e. The zero-order chi connectivity index (χ0) is 23.0. The predicted molar refractivity (Wildman–Crippen MR) is 118 cm³/mol. The molecule has 3 fully saturated rings. The minimum absolute atomic E-state index is 0.0279. The Morgan fingerprint density at radius 1 is 1.03 bits per heavy atom. The van der Waals surface area contributed by atoms with Crippen LogP contribution < -0.4 is 0 Å². The highest BCUT2D eigenvalue weighted by atomic mass is 32.2. The molecule has 0 bridgehead atoms. The van der Waals surface area contributed by atoms with Gasteiger partial charge < -0.3 is 14.4 Å². The van der Waals surface area contributed by atoms with Crippen LogP contribution >= 0.6 is 0 Å². The van der Waals surface area contributed by atoms with Gasteiger partial charge in [0.2, 0.25) is 10.0 Å². The molecule has 0 spiro atoms. The van der Waals surface area contributed by atoms with Crippen molar-refractivity contribution in [3.05, 3.63) is 29.8 Å². The van der Waals surface area contributed by atoms with Crippen molar-refractivity contribution in [2.45, 2.75) is 75.1 Å². The van der Waals surface area contributed by atoms with Crippen LogP contribution in [0.15, 0.2) is 29.2 Å². The lowest BCUT2D eigenvalue weighted by Gasteiger charge is -2.34. The number of ether oxygens (including phenoxy) is 2. The van der Waals surface area contributed by atoms with Crippen LogP contribution in [0.5, 0.6) is 0 Å². The third-order valence-electron chi connectivity index (χ3n) is 6.92. The molecule has 2 heterocycles. The van der Waals surface area contributed by atoms with Crippen molar-refractivity contribution in [1.29, 1.82) is 0 Å². The van der Waals surface area contributed by atoms with Crippen LogP contribution in [0.25, 0.3) is 0 Å². The van der Waals surface area contributed by atoms with Gasteiger partial charge in [0.1, 0.15) is 6.04 Å². The van der Waals surface area contributed by atoms with Crippen LogP contribution in [0.3, 0.4) is 0 Å². The summed E-state index contributed by atoms with van der Waals surface area (Å²) >= 11 is 0. The summed E-state index contributed by atoms with van der Waals surface area (Å²) in [5, 5.41) is 0. The summed E-state index contributed by atoms with van der Waals surface area (Å²) in [4.78, 5) is 27.7. The van der Waals surface area contributed by atoms with E-state index in [4.69, 9.17) is 9.47 Å². The topological polar surface area (TPSA) is 93.2 Å². The molecule has 0 unspecified atom stereocenters. The number of esters is 1. The summed E-state index contributed by atoms with van der Waals surface area (Å²) in [6.07, 6.45) is 4.31. The van der Waals surface area contributed by atoms with E-state index < -0.39 is 16.1 Å². The molecular weight excluding hydrogens is 432 g/mol. The van der Waals surface area contributed by atoms with Gasteiger partial charge in [0.05, 0.1) is 24.2 Å². The smallest absolute Gasteiger partial charge is 0.328 e. The SMILES string of the molecule is COC(=O)[C@@H]1C[C@@H]2CCCC[C@H]2N1C(=O)c1ccc(S(=O)(=O)N2C[C@@H](C)O[C@@H](C)C2)cc1. The van der Waals surface area contributed by atoms with Gasteiger partial charge in [-0.1, -0.05) is 12.8 Å². The van der Waals surface area contributed by atoms with Crippen LogP contribution in [0, 0.1) is 5.92 Å². The molecule has 176 valence electrons. The van der Waals surface area contributed by atoms with E-state index in [1.807, 2.05) is 13.8 Å². The van der Waals surface area contributed by atoms with Crippen molar-refractivity contribution in [2.75, 3.05) is 20.2 Å². The predicted octanol–water partition coefficient (Wildman–Crippen LogP) is 2.43. The van der Waals surface area contributed by atoms with Crippen LogP contribution in [0.2, 0.25) is 0 Å². The molecule has 0 N–H and O–H groups in total. The van der Waals surface area contributed by atoms with E-state index in [9.17, 15) is 18.0 Å². The number of hydrogen-bond acceptors (Lipinski definition) is 6. The second kappa shape index (κ2) is 9.11. The zero-order valence-corrected chi connectivity index (χ0v) is 19.7. The van der Waals surface area contributed by atoms with Crippen molar-refractivity contribution in [3.8, 4) is 0 Å². The lowest BCUT2D eigenvalue weighted by molar-refractivity contribution is -0.145. The first-order chi connectivity index (χ1) is 15.2. The maximum absolute atomic E-state index is 13.4. The van der Waals surface area contributed by atoms with E-state index in [-0.39, 0.29) is 35.0 Å². The van der Waals surface area contributed by atoms with Gasteiger partial charge in [-0.3, -0.25) is 4.79 Å². The Bertz CT molecular complexity index is 953. The van der Waals surface area contributed by atoms with Crippen molar-refractivity contribution in [2.24, 2.45) is 5.92 Å². The van der Waals surface area contributed by atoms with E-state index in [0.717, 1.165) is 25.7 Å². The second-order valence-corrected chi connectivity index (χ2v) is 11.1. The van der Waals surface area contributed by atoms with Crippen molar-refractivity contribution >= 4 is 21.9 Å². The largest absolute Gasteiger partial charge is 0.467 e. The number of morpholine rings is 1. The van der Waals surface area contributed by atoms with Crippen molar-refractivity contribution in [1.82, 2.24) is 9.21 Å². The summed E-state index contributed by atoms with van der Waals surface area (Å²) in [7, 11) is -2.34. The van der Waals surface area contributed by atoms with Crippen molar-refractivity contribution in [3.63, 3.8) is 0 Å². The van der Waals surface area contributed by atoms with E-state index in [1.54, 1.807) is 17.0 Å². The second-order valence-electron chi connectivity index (χ2n) is 9.20. The summed E-state index contributed by atoms with van der Waals surface area (Å²) in [5.41, 5.74) is 0.382. The van der Waals surface area contributed by atoms with Gasteiger partial charge in [-0.05, 0) is 63.3 Å². The molecular formula is C23H32N2O6S. The molecule has 1 aliphatic carbocycles. The lowest BCUT2D eigenvalue weighted by Crippen LogP contribution is -2.48. The molecule has 3 aliphatic rings. The number of fused-ring (bicyclic) bond motifs is 1. The Kier molecular flexibility index (Phi) is 6.61. The van der Waals surface area contributed by atoms with Crippen LogP contribution in [0.4, 0.5) is 0 Å². The quantitative estimate of drug-likeness (QED) is 0.636. The standard InChI is InChI=1S/C23H32N2O6S/c1-15-13-24(14-16(2)31-15)32(28,29)19-10-8-17(9-11-19)22(26)25-20-7-5-4-6-18(20)12-21(25)23(27)30-3/h8-11,15-16,18,20-21H,4-7,12-14H2,1-3H3/t15-,16+,18-,20+,21-/m0/s1. The van der Waals surface area contributed by atoms with Gasteiger partial charge in [-0.25, -0.2) is 13.2 Å². The maximum atomic E-state index is 13.4. The Hall–Kier alpha value is -1.97. The first kappa shape index (κ1) is 23.2. The van der Waals surface area contributed by atoms with Crippen molar-refractivity contribution < 1.29 is 27.5 Å². The molecule has 1 saturated carbocycles. The molecule has 32 heavy (non-hydrogen) atoms. The van der Waals surface area contributed by atoms with Gasteiger partial charge >= 0.3 is 5.97 Å². The number of carbonyl (C=O) groups is 2. The Morgan fingerprint density at radius 2 is 1.66 bits per heavy atom. The van der Waals surface area contributed by atoms with Gasteiger partial charge in [0, 0.05) is 24.7 Å². The first-order valence-corrected chi connectivity index (χ1v) is 12.8. The van der Waals surface area contributed by atoms with E-state index in [2.05, 4.69) is 0 Å². The molecule has 2 aliphatic heterocycles. The average Bonchev–Trinajstić information content (AvgIpc) is 3.17. The van der Waals surface area contributed by atoms with Gasteiger partial charge in [0.25, 0.3) is 5.91 Å². The summed E-state index contributed by atoms with van der Waals surface area (Å²) in [6.45, 7) is 4.30. The summed E-state index contributed by atoms with van der Waals surface area (Å²) in [5.74, 6) is -0.323. The molecule has 8 nitrogen and oxygen atoms in total. The number of benzene rings is 1. The lowest BCUT2D eigenvalue weighted by atomic mass is 9.84. The number of carbonyl (C=O) groups excluding carboxylic acids is 2. The minimum atomic E-state index is -3.68. The first-order valence-electron chi connectivity index (χ1n) is 11.4. The fourth-order valence-electron chi connectivity index (χ4n) is 5.49. The number of nitrogens with zero attached hydrogens (tertiary/aromatic N) is 2. The number of amides is 1. The normalized spacial score (nSPS) is 31.2. The highest BCUT2D eigenvalue weighted by molar-refractivity contribution is 7.89. The molecule has 1 amide bonds.